The van der Waals surface area contributed by atoms with Crippen LogP contribution in [-0.4, -0.2) is 34.2 Å². The van der Waals surface area contributed by atoms with Crippen molar-refractivity contribution >= 4 is 11.9 Å². The molecule has 6 nitrogen and oxygen atoms in total. The zero-order valence-corrected chi connectivity index (χ0v) is 9.85. The van der Waals surface area contributed by atoms with Crippen molar-refractivity contribution in [3.63, 3.8) is 0 Å². The van der Waals surface area contributed by atoms with Crippen LogP contribution in [0.4, 0.5) is 0 Å². The molecule has 17 heavy (non-hydrogen) atoms. The predicted octanol–water partition coefficient (Wildman–Crippen LogP) is 0.460. The van der Waals surface area contributed by atoms with Gasteiger partial charge in [0.2, 0.25) is 0 Å². The van der Waals surface area contributed by atoms with Gasteiger partial charge in [-0.15, -0.1) is 0 Å². The van der Waals surface area contributed by atoms with Gasteiger partial charge in [-0.05, 0) is 26.8 Å². The molecule has 0 aromatic carbocycles. The zero-order valence-electron chi connectivity index (χ0n) is 9.85. The Hall–Kier alpha value is -1.82. The van der Waals surface area contributed by atoms with Crippen molar-refractivity contribution in [3.05, 3.63) is 23.2 Å². The minimum atomic E-state index is -1.34. The highest BCUT2D eigenvalue weighted by atomic mass is 16.4. The lowest BCUT2D eigenvalue weighted by molar-refractivity contribution is -0.141. The van der Waals surface area contributed by atoms with Crippen LogP contribution >= 0.6 is 0 Å². The number of furan rings is 1. The van der Waals surface area contributed by atoms with E-state index in [1.54, 1.807) is 13.8 Å². The number of aliphatic hydroxyl groups is 1. The second-order valence-electron chi connectivity index (χ2n) is 3.86. The number of amides is 1. The summed E-state index contributed by atoms with van der Waals surface area (Å²) in [5.41, 5.74) is 0.273. The van der Waals surface area contributed by atoms with Gasteiger partial charge in [-0.2, -0.15) is 0 Å². The summed E-state index contributed by atoms with van der Waals surface area (Å²) < 4.78 is 5.17. The third-order valence-electron chi connectivity index (χ3n) is 2.32. The van der Waals surface area contributed by atoms with Crippen molar-refractivity contribution in [2.45, 2.75) is 32.9 Å². The van der Waals surface area contributed by atoms with Gasteiger partial charge < -0.3 is 19.9 Å². The molecule has 0 fully saturated rings. The molecule has 0 saturated carbocycles. The van der Waals surface area contributed by atoms with E-state index in [0.717, 1.165) is 0 Å². The fourth-order valence-corrected chi connectivity index (χ4v) is 1.46. The summed E-state index contributed by atoms with van der Waals surface area (Å²) >= 11 is 0. The molecular weight excluding hydrogens is 226 g/mol. The zero-order chi connectivity index (χ0) is 13.2. The fourth-order valence-electron chi connectivity index (χ4n) is 1.46. The first-order chi connectivity index (χ1) is 7.82. The van der Waals surface area contributed by atoms with Crippen LogP contribution in [0.3, 0.4) is 0 Å². The van der Waals surface area contributed by atoms with Crippen LogP contribution in [0.25, 0.3) is 0 Å². The number of carbonyl (C=O) groups is 2. The minimum absolute atomic E-state index is 0.273. The number of carboxylic acids is 1. The van der Waals surface area contributed by atoms with Gasteiger partial charge in [0.1, 0.15) is 11.5 Å². The molecule has 0 aliphatic carbocycles. The Morgan fingerprint density at radius 3 is 2.35 bits per heavy atom. The lowest BCUT2D eigenvalue weighted by Gasteiger charge is -2.16. The number of carbonyl (C=O) groups excluding carboxylic acids is 1. The molecule has 6 heteroatoms. The van der Waals surface area contributed by atoms with Crippen molar-refractivity contribution in [2.24, 2.45) is 0 Å². The first-order valence-corrected chi connectivity index (χ1v) is 5.11. The maximum Gasteiger partial charge on any atom is 0.328 e. The summed E-state index contributed by atoms with van der Waals surface area (Å²) in [6.07, 6.45) is -1.18. The molecule has 0 saturated heterocycles. The normalized spacial score (nSPS) is 14.1. The topological polar surface area (TPSA) is 99.8 Å². The van der Waals surface area contributed by atoms with Crippen LogP contribution in [0.2, 0.25) is 0 Å². The molecule has 1 aromatic heterocycles. The van der Waals surface area contributed by atoms with Gasteiger partial charge >= 0.3 is 5.97 Å². The van der Waals surface area contributed by atoms with E-state index in [-0.39, 0.29) is 5.56 Å². The highest BCUT2D eigenvalue weighted by Crippen LogP contribution is 2.13. The van der Waals surface area contributed by atoms with Crippen LogP contribution < -0.4 is 5.32 Å². The summed E-state index contributed by atoms with van der Waals surface area (Å²) in [6, 6.07) is 0.183. The monoisotopic (exact) mass is 241 g/mol. The molecule has 1 heterocycles. The maximum absolute atomic E-state index is 11.8. The van der Waals surface area contributed by atoms with E-state index in [1.165, 1.54) is 13.0 Å². The highest BCUT2D eigenvalue weighted by Gasteiger charge is 2.26. The molecule has 1 rings (SSSR count). The second-order valence-corrected chi connectivity index (χ2v) is 3.86. The van der Waals surface area contributed by atoms with Crippen molar-refractivity contribution < 1.29 is 24.2 Å². The van der Waals surface area contributed by atoms with Gasteiger partial charge in [0.15, 0.2) is 6.04 Å². The number of aryl methyl sites for hydroxylation is 2. The number of aliphatic hydroxyl groups excluding tert-OH is 1. The summed E-state index contributed by atoms with van der Waals surface area (Å²) in [6.45, 7) is 4.60. The molecule has 0 bridgehead atoms. The van der Waals surface area contributed by atoms with Crippen LogP contribution in [0.15, 0.2) is 10.5 Å². The SMILES string of the molecule is Cc1cc(C(=O)NC(C(=O)O)C(C)O)c(C)o1. The summed E-state index contributed by atoms with van der Waals surface area (Å²) in [5.74, 6) is -0.884. The number of rotatable bonds is 4. The van der Waals surface area contributed by atoms with Crippen LogP contribution in [0.5, 0.6) is 0 Å². The number of aliphatic carboxylic acids is 1. The van der Waals surface area contributed by atoms with Crippen molar-refractivity contribution in [3.8, 4) is 0 Å². The van der Waals surface area contributed by atoms with E-state index in [4.69, 9.17) is 9.52 Å². The molecule has 1 aromatic rings. The van der Waals surface area contributed by atoms with Crippen molar-refractivity contribution in [1.29, 1.82) is 0 Å². The van der Waals surface area contributed by atoms with Gasteiger partial charge in [0.25, 0.3) is 5.91 Å². The van der Waals surface area contributed by atoms with Gasteiger partial charge in [-0.3, -0.25) is 4.79 Å². The third kappa shape index (κ3) is 3.07. The van der Waals surface area contributed by atoms with Crippen molar-refractivity contribution in [2.75, 3.05) is 0 Å². The summed E-state index contributed by atoms with van der Waals surface area (Å²) in [4.78, 5) is 22.6. The van der Waals surface area contributed by atoms with E-state index < -0.39 is 24.0 Å². The summed E-state index contributed by atoms with van der Waals surface area (Å²) in [7, 11) is 0. The molecule has 0 aliphatic rings. The molecule has 0 aliphatic heterocycles. The van der Waals surface area contributed by atoms with E-state index in [0.29, 0.717) is 11.5 Å². The fraction of sp³-hybridized carbons (Fsp3) is 0.455. The molecule has 2 unspecified atom stereocenters. The molecule has 94 valence electrons. The van der Waals surface area contributed by atoms with Gasteiger partial charge in [-0.1, -0.05) is 0 Å². The highest BCUT2D eigenvalue weighted by molar-refractivity contribution is 5.97. The first-order valence-electron chi connectivity index (χ1n) is 5.11. The second kappa shape index (κ2) is 5.01. The molecule has 0 radical (unpaired) electrons. The number of carboxylic acid groups (broad SMARTS) is 1. The Morgan fingerprint density at radius 1 is 1.41 bits per heavy atom. The Balaban J connectivity index is 2.85. The quantitative estimate of drug-likeness (QED) is 0.711. The average molecular weight is 241 g/mol. The van der Waals surface area contributed by atoms with E-state index in [1.807, 2.05) is 0 Å². The molecule has 3 N–H and O–H groups in total. The smallest absolute Gasteiger partial charge is 0.328 e. The first kappa shape index (κ1) is 13.2. The molecule has 2 atom stereocenters. The van der Waals surface area contributed by atoms with Crippen LogP contribution in [0.1, 0.15) is 28.8 Å². The summed E-state index contributed by atoms with van der Waals surface area (Å²) in [5, 5.41) is 20.3. The number of hydrogen-bond donors (Lipinski definition) is 3. The Bertz CT molecular complexity index is 435. The third-order valence-corrected chi connectivity index (χ3v) is 2.32. The number of hydrogen-bond acceptors (Lipinski definition) is 4. The standard InChI is InChI=1S/C11H15NO5/c1-5-4-8(7(3)17-5)10(14)12-9(6(2)13)11(15)16/h4,6,9,13H,1-3H3,(H,12,14)(H,15,16). The predicted molar refractivity (Wildman–Crippen MR) is 58.8 cm³/mol. The molecular formula is C11H15NO5. The molecule has 0 spiro atoms. The lowest BCUT2D eigenvalue weighted by Crippen LogP contribution is -2.47. The van der Waals surface area contributed by atoms with E-state index in [9.17, 15) is 14.7 Å². The van der Waals surface area contributed by atoms with E-state index in [2.05, 4.69) is 5.32 Å². The van der Waals surface area contributed by atoms with Crippen molar-refractivity contribution in [1.82, 2.24) is 5.32 Å². The lowest BCUT2D eigenvalue weighted by atomic mass is 10.1. The largest absolute Gasteiger partial charge is 0.480 e. The Kier molecular flexibility index (Phi) is 3.90. The maximum atomic E-state index is 11.8. The van der Waals surface area contributed by atoms with Gasteiger partial charge in [-0.25, -0.2) is 4.79 Å². The van der Waals surface area contributed by atoms with Crippen LogP contribution in [-0.2, 0) is 4.79 Å². The van der Waals surface area contributed by atoms with Gasteiger partial charge in [0, 0.05) is 0 Å². The molecule has 1 amide bonds. The van der Waals surface area contributed by atoms with Crippen LogP contribution in [0, 0.1) is 13.8 Å². The average Bonchev–Trinajstić information content (AvgIpc) is 2.53. The number of nitrogens with one attached hydrogen (secondary N) is 1. The Morgan fingerprint density at radius 2 is 2.00 bits per heavy atom. The van der Waals surface area contributed by atoms with Gasteiger partial charge in [0.05, 0.1) is 11.7 Å². The minimum Gasteiger partial charge on any atom is -0.480 e. The van der Waals surface area contributed by atoms with E-state index >= 15 is 0 Å². The Labute approximate surface area is 98.2 Å².